The molecule has 2 aliphatic heterocycles. The minimum absolute atomic E-state index is 0.594. The van der Waals surface area contributed by atoms with Gasteiger partial charge in [-0.2, -0.15) is 0 Å². The Bertz CT molecular complexity index is 438. The van der Waals surface area contributed by atoms with Gasteiger partial charge in [0.1, 0.15) is 5.82 Å². The third-order valence-electron chi connectivity index (χ3n) is 4.96. The van der Waals surface area contributed by atoms with E-state index in [9.17, 15) is 0 Å². The van der Waals surface area contributed by atoms with E-state index in [0.717, 1.165) is 0 Å². The van der Waals surface area contributed by atoms with Crippen LogP contribution in [0, 0.1) is 0 Å². The van der Waals surface area contributed by atoms with E-state index < -0.39 is 0 Å². The van der Waals surface area contributed by atoms with Crippen LogP contribution < -0.4 is 4.90 Å². The lowest BCUT2D eigenvalue weighted by Gasteiger charge is -2.30. The van der Waals surface area contributed by atoms with Crippen molar-refractivity contribution in [2.45, 2.75) is 57.9 Å². The van der Waals surface area contributed by atoms with Gasteiger partial charge in [0.05, 0.1) is 0 Å². The molecule has 0 spiro atoms. The zero-order chi connectivity index (χ0) is 14.5. The van der Waals surface area contributed by atoms with Gasteiger partial charge in [0.25, 0.3) is 0 Å². The number of likely N-dealkylation sites (tertiary alicyclic amines) is 1. The van der Waals surface area contributed by atoms with E-state index in [4.69, 9.17) is 4.98 Å². The summed E-state index contributed by atoms with van der Waals surface area (Å²) < 4.78 is 0. The standard InChI is InChI=1S/C18H29N3/c1-2-12-20-15-8-10-17(20)16-9-7-11-19-18(16)21-13-5-3-4-6-14-21/h7,9,11,17H,2-6,8,10,12-15H2,1H3/t17-/m0/s1. The summed E-state index contributed by atoms with van der Waals surface area (Å²) in [5.41, 5.74) is 1.48. The molecule has 3 heterocycles. The fraction of sp³-hybridized carbons (Fsp3) is 0.722. The van der Waals surface area contributed by atoms with Crippen LogP contribution in [0.5, 0.6) is 0 Å². The maximum atomic E-state index is 4.78. The third-order valence-corrected chi connectivity index (χ3v) is 4.96. The summed E-state index contributed by atoms with van der Waals surface area (Å²) in [5.74, 6) is 1.27. The van der Waals surface area contributed by atoms with Gasteiger partial charge in [-0.25, -0.2) is 4.98 Å². The number of hydrogen-bond acceptors (Lipinski definition) is 3. The molecule has 0 amide bonds. The van der Waals surface area contributed by atoms with Crippen LogP contribution in [0.4, 0.5) is 5.82 Å². The van der Waals surface area contributed by atoms with Crippen LogP contribution in [0.25, 0.3) is 0 Å². The van der Waals surface area contributed by atoms with Gasteiger partial charge in [0.15, 0.2) is 0 Å². The minimum atomic E-state index is 0.594. The van der Waals surface area contributed by atoms with E-state index >= 15 is 0 Å². The highest BCUT2D eigenvalue weighted by Crippen LogP contribution is 2.36. The predicted molar refractivity (Wildman–Crippen MR) is 88.8 cm³/mol. The summed E-state index contributed by atoms with van der Waals surface area (Å²) in [6.07, 6.45) is 11.2. The molecular formula is C18H29N3. The number of anilines is 1. The van der Waals surface area contributed by atoms with Crippen molar-refractivity contribution in [3.8, 4) is 0 Å². The van der Waals surface area contributed by atoms with Crippen molar-refractivity contribution in [2.24, 2.45) is 0 Å². The molecule has 2 saturated heterocycles. The van der Waals surface area contributed by atoms with Gasteiger partial charge in [-0.15, -0.1) is 0 Å². The average Bonchev–Trinajstić information content (AvgIpc) is 2.81. The second-order valence-corrected chi connectivity index (χ2v) is 6.51. The van der Waals surface area contributed by atoms with Gasteiger partial charge < -0.3 is 4.90 Å². The van der Waals surface area contributed by atoms with Crippen molar-refractivity contribution in [1.29, 1.82) is 0 Å². The normalized spacial score (nSPS) is 24.2. The Morgan fingerprint density at radius 1 is 1.10 bits per heavy atom. The molecule has 21 heavy (non-hydrogen) atoms. The largest absolute Gasteiger partial charge is 0.356 e. The molecule has 0 aromatic carbocycles. The number of rotatable bonds is 4. The molecule has 3 heteroatoms. The Labute approximate surface area is 129 Å². The van der Waals surface area contributed by atoms with Crippen molar-refractivity contribution in [2.75, 3.05) is 31.1 Å². The Balaban J connectivity index is 1.84. The molecule has 0 bridgehead atoms. The van der Waals surface area contributed by atoms with Crippen LogP contribution in [-0.2, 0) is 0 Å². The van der Waals surface area contributed by atoms with Crippen LogP contribution in [0.2, 0.25) is 0 Å². The predicted octanol–water partition coefficient (Wildman–Crippen LogP) is 4.01. The lowest BCUT2D eigenvalue weighted by atomic mass is 10.0. The highest BCUT2D eigenvalue weighted by molar-refractivity contribution is 5.49. The Kier molecular flexibility index (Phi) is 5.13. The zero-order valence-electron chi connectivity index (χ0n) is 13.4. The van der Waals surface area contributed by atoms with Crippen LogP contribution >= 0.6 is 0 Å². The first-order valence-electron chi connectivity index (χ1n) is 8.84. The SMILES string of the molecule is CCCN1CCC[C@H]1c1cccnc1N1CCCCCC1. The van der Waals surface area contributed by atoms with Crippen LogP contribution in [0.1, 0.15) is 63.5 Å². The molecule has 3 nitrogen and oxygen atoms in total. The molecule has 2 aliphatic rings. The van der Waals surface area contributed by atoms with Crippen molar-refractivity contribution in [1.82, 2.24) is 9.88 Å². The van der Waals surface area contributed by atoms with Crippen LogP contribution in [0.15, 0.2) is 18.3 Å². The summed E-state index contributed by atoms with van der Waals surface area (Å²) in [7, 11) is 0. The van der Waals surface area contributed by atoms with E-state index in [-0.39, 0.29) is 0 Å². The summed E-state index contributed by atoms with van der Waals surface area (Å²) in [4.78, 5) is 9.99. The molecule has 0 saturated carbocycles. The lowest BCUT2D eigenvalue weighted by molar-refractivity contribution is 0.257. The van der Waals surface area contributed by atoms with E-state index in [0.29, 0.717) is 6.04 Å². The Morgan fingerprint density at radius 2 is 1.90 bits per heavy atom. The zero-order valence-corrected chi connectivity index (χ0v) is 13.4. The Hall–Kier alpha value is -1.09. The summed E-state index contributed by atoms with van der Waals surface area (Å²) in [6, 6.07) is 5.04. The van der Waals surface area contributed by atoms with Gasteiger partial charge in [-0.1, -0.05) is 25.8 Å². The van der Waals surface area contributed by atoms with Gasteiger partial charge in [-0.05, 0) is 51.3 Å². The topological polar surface area (TPSA) is 19.4 Å². The monoisotopic (exact) mass is 287 g/mol. The van der Waals surface area contributed by atoms with Gasteiger partial charge in [0, 0.05) is 30.9 Å². The van der Waals surface area contributed by atoms with E-state index in [2.05, 4.69) is 28.9 Å². The van der Waals surface area contributed by atoms with Gasteiger partial charge in [-0.3, -0.25) is 4.90 Å². The fourth-order valence-electron chi connectivity index (χ4n) is 3.95. The van der Waals surface area contributed by atoms with Gasteiger partial charge >= 0.3 is 0 Å². The summed E-state index contributed by atoms with van der Waals surface area (Å²) in [6.45, 7) is 7.13. The van der Waals surface area contributed by atoms with Crippen molar-refractivity contribution < 1.29 is 0 Å². The van der Waals surface area contributed by atoms with Crippen molar-refractivity contribution in [3.05, 3.63) is 23.9 Å². The fourth-order valence-corrected chi connectivity index (χ4v) is 3.95. The number of pyridine rings is 1. The quantitative estimate of drug-likeness (QED) is 0.834. The molecule has 116 valence electrons. The molecule has 0 N–H and O–H groups in total. The third kappa shape index (κ3) is 3.39. The highest BCUT2D eigenvalue weighted by atomic mass is 15.2. The summed E-state index contributed by atoms with van der Waals surface area (Å²) >= 11 is 0. The molecule has 0 radical (unpaired) electrons. The molecule has 1 aromatic heterocycles. The highest BCUT2D eigenvalue weighted by Gasteiger charge is 2.28. The second-order valence-electron chi connectivity index (χ2n) is 6.51. The molecular weight excluding hydrogens is 258 g/mol. The molecule has 1 aromatic rings. The van der Waals surface area contributed by atoms with E-state index in [1.54, 1.807) is 0 Å². The maximum Gasteiger partial charge on any atom is 0.133 e. The number of aromatic nitrogens is 1. The molecule has 3 rings (SSSR count). The molecule has 2 fully saturated rings. The van der Waals surface area contributed by atoms with Gasteiger partial charge in [0.2, 0.25) is 0 Å². The smallest absolute Gasteiger partial charge is 0.133 e. The molecule has 0 aliphatic carbocycles. The first-order valence-corrected chi connectivity index (χ1v) is 8.84. The minimum Gasteiger partial charge on any atom is -0.356 e. The van der Waals surface area contributed by atoms with Crippen molar-refractivity contribution >= 4 is 5.82 Å². The second kappa shape index (κ2) is 7.26. The molecule has 1 atom stereocenters. The average molecular weight is 287 g/mol. The van der Waals surface area contributed by atoms with E-state index in [1.807, 2.05) is 6.20 Å². The Morgan fingerprint density at radius 3 is 2.67 bits per heavy atom. The maximum absolute atomic E-state index is 4.78. The first kappa shape index (κ1) is 14.8. The number of nitrogens with zero attached hydrogens (tertiary/aromatic N) is 3. The van der Waals surface area contributed by atoms with E-state index in [1.165, 1.54) is 82.5 Å². The van der Waals surface area contributed by atoms with Crippen LogP contribution in [-0.4, -0.2) is 36.1 Å². The first-order chi connectivity index (χ1) is 10.4. The summed E-state index contributed by atoms with van der Waals surface area (Å²) in [5, 5.41) is 0. The number of hydrogen-bond donors (Lipinski definition) is 0. The van der Waals surface area contributed by atoms with Crippen molar-refractivity contribution in [3.63, 3.8) is 0 Å². The lowest BCUT2D eigenvalue weighted by Crippen LogP contribution is -2.29. The van der Waals surface area contributed by atoms with Crippen LogP contribution in [0.3, 0.4) is 0 Å². The molecule has 0 unspecified atom stereocenters.